The average molecular weight is 272 g/mol. The molecule has 0 fully saturated rings. The van der Waals surface area contributed by atoms with Gasteiger partial charge in [-0.15, -0.1) is 0 Å². The summed E-state index contributed by atoms with van der Waals surface area (Å²) in [5, 5.41) is 4.37. The van der Waals surface area contributed by atoms with Crippen molar-refractivity contribution in [3.05, 3.63) is 34.9 Å². The molecule has 0 saturated carbocycles. The first-order valence-electron chi connectivity index (χ1n) is 6.05. The zero-order valence-corrected chi connectivity index (χ0v) is 12.5. The summed E-state index contributed by atoms with van der Waals surface area (Å²) in [6, 6.07) is 8.08. The number of hydrogen-bond acceptors (Lipinski definition) is 2. The minimum atomic E-state index is 0.230. The Kier molecular flexibility index (Phi) is 6.39. The third-order valence-corrected chi connectivity index (χ3v) is 3.80. The number of halogens is 1. The SMILES string of the molecule is CC(C)(C)NCCCSCc1ccccc1Cl. The Balaban J connectivity index is 2.11. The molecule has 17 heavy (non-hydrogen) atoms. The number of thioether (sulfide) groups is 1. The van der Waals surface area contributed by atoms with Gasteiger partial charge in [0.05, 0.1) is 0 Å². The van der Waals surface area contributed by atoms with Crippen molar-refractivity contribution in [2.24, 2.45) is 0 Å². The third-order valence-electron chi connectivity index (χ3n) is 2.34. The van der Waals surface area contributed by atoms with Gasteiger partial charge in [0.15, 0.2) is 0 Å². The van der Waals surface area contributed by atoms with Crippen molar-refractivity contribution >= 4 is 23.4 Å². The Labute approximate surface area is 114 Å². The molecule has 1 N–H and O–H groups in total. The van der Waals surface area contributed by atoms with E-state index >= 15 is 0 Å². The fourth-order valence-corrected chi connectivity index (χ4v) is 2.68. The van der Waals surface area contributed by atoms with Crippen LogP contribution < -0.4 is 5.32 Å². The molecule has 0 aliphatic heterocycles. The van der Waals surface area contributed by atoms with E-state index < -0.39 is 0 Å². The molecule has 0 saturated heterocycles. The van der Waals surface area contributed by atoms with Gasteiger partial charge in [0.2, 0.25) is 0 Å². The lowest BCUT2D eigenvalue weighted by molar-refractivity contribution is 0.427. The molecule has 96 valence electrons. The van der Waals surface area contributed by atoms with E-state index in [-0.39, 0.29) is 5.54 Å². The van der Waals surface area contributed by atoms with E-state index in [0.717, 1.165) is 17.3 Å². The van der Waals surface area contributed by atoms with Crippen LogP contribution in [0.25, 0.3) is 0 Å². The summed E-state index contributed by atoms with van der Waals surface area (Å²) in [6.07, 6.45) is 1.20. The lowest BCUT2D eigenvalue weighted by Gasteiger charge is -2.20. The summed E-state index contributed by atoms with van der Waals surface area (Å²) in [5.74, 6) is 2.18. The number of hydrogen-bond donors (Lipinski definition) is 1. The van der Waals surface area contributed by atoms with Gasteiger partial charge < -0.3 is 5.32 Å². The summed E-state index contributed by atoms with van der Waals surface area (Å²) in [5.41, 5.74) is 1.47. The van der Waals surface area contributed by atoms with Crippen LogP contribution in [0.5, 0.6) is 0 Å². The quantitative estimate of drug-likeness (QED) is 0.772. The fraction of sp³-hybridized carbons (Fsp3) is 0.571. The van der Waals surface area contributed by atoms with E-state index in [4.69, 9.17) is 11.6 Å². The Bertz CT molecular complexity index is 333. The van der Waals surface area contributed by atoms with Crippen LogP contribution in [-0.4, -0.2) is 17.8 Å². The molecular formula is C14H22ClNS. The maximum absolute atomic E-state index is 6.10. The maximum atomic E-state index is 6.10. The highest BCUT2D eigenvalue weighted by atomic mass is 35.5. The van der Waals surface area contributed by atoms with Crippen LogP contribution in [0, 0.1) is 0 Å². The van der Waals surface area contributed by atoms with Gasteiger partial charge >= 0.3 is 0 Å². The Morgan fingerprint density at radius 3 is 2.59 bits per heavy atom. The van der Waals surface area contributed by atoms with Crippen LogP contribution in [0.4, 0.5) is 0 Å². The van der Waals surface area contributed by atoms with Crippen molar-refractivity contribution < 1.29 is 0 Å². The van der Waals surface area contributed by atoms with Crippen LogP contribution in [-0.2, 0) is 5.75 Å². The number of nitrogens with one attached hydrogen (secondary N) is 1. The molecule has 0 amide bonds. The molecule has 0 aliphatic carbocycles. The minimum Gasteiger partial charge on any atom is -0.312 e. The van der Waals surface area contributed by atoms with Gasteiger partial charge in [-0.25, -0.2) is 0 Å². The fourth-order valence-electron chi connectivity index (χ4n) is 1.44. The van der Waals surface area contributed by atoms with Gasteiger partial charge in [-0.05, 0) is 51.1 Å². The van der Waals surface area contributed by atoms with Gasteiger partial charge in [0, 0.05) is 16.3 Å². The van der Waals surface area contributed by atoms with Crippen molar-refractivity contribution in [1.29, 1.82) is 0 Å². The second-order valence-electron chi connectivity index (χ2n) is 5.17. The second kappa shape index (κ2) is 7.30. The van der Waals surface area contributed by atoms with E-state index in [2.05, 4.69) is 32.2 Å². The van der Waals surface area contributed by atoms with Crippen LogP contribution >= 0.6 is 23.4 Å². The van der Waals surface area contributed by atoms with Gasteiger partial charge in [-0.1, -0.05) is 29.8 Å². The largest absolute Gasteiger partial charge is 0.312 e. The molecule has 0 radical (unpaired) electrons. The normalized spacial score (nSPS) is 11.8. The van der Waals surface area contributed by atoms with Crippen LogP contribution in [0.3, 0.4) is 0 Å². The molecule has 0 atom stereocenters. The average Bonchev–Trinajstić information content (AvgIpc) is 2.24. The second-order valence-corrected chi connectivity index (χ2v) is 6.69. The highest BCUT2D eigenvalue weighted by Gasteiger charge is 2.07. The van der Waals surface area contributed by atoms with E-state index in [9.17, 15) is 0 Å². The van der Waals surface area contributed by atoms with Crippen molar-refractivity contribution in [2.45, 2.75) is 38.5 Å². The minimum absolute atomic E-state index is 0.230. The molecule has 0 aliphatic rings. The summed E-state index contributed by atoms with van der Waals surface area (Å²) in [6.45, 7) is 7.68. The van der Waals surface area contributed by atoms with E-state index in [1.165, 1.54) is 17.7 Å². The predicted octanol–water partition coefficient (Wildman–Crippen LogP) is 4.35. The molecular weight excluding hydrogens is 250 g/mol. The first kappa shape index (κ1) is 14.9. The molecule has 1 rings (SSSR count). The predicted molar refractivity (Wildman–Crippen MR) is 80.0 cm³/mol. The summed E-state index contributed by atoms with van der Waals surface area (Å²) in [4.78, 5) is 0. The Morgan fingerprint density at radius 1 is 1.24 bits per heavy atom. The lowest BCUT2D eigenvalue weighted by Crippen LogP contribution is -2.36. The summed E-state index contributed by atoms with van der Waals surface area (Å²) in [7, 11) is 0. The molecule has 0 heterocycles. The monoisotopic (exact) mass is 271 g/mol. The zero-order valence-electron chi connectivity index (χ0n) is 10.9. The third kappa shape index (κ3) is 6.97. The van der Waals surface area contributed by atoms with Crippen LogP contribution in [0.1, 0.15) is 32.8 Å². The lowest BCUT2D eigenvalue weighted by atomic mass is 10.1. The van der Waals surface area contributed by atoms with Gasteiger partial charge in [-0.2, -0.15) is 11.8 Å². The van der Waals surface area contributed by atoms with E-state index in [1.54, 1.807) is 0 Å². The first-order valence-corrected chi connectivity index (χ1v) is 7.58. The smallest absolute Gasteiger partial charge is 0.0446 e. The highest BCUT2D eigenvalue weighted by molar-refractivity contribution is 7.98. The van der Waals surface area contributed by atoms with Gasteiger partial charge in [-0.3, -0.25) is 0 Å². The van der Waals surface area contributed by atoms with E-state index in [1.807, 2.05) is 30.0 Å². The van der Waals surface area contributed by atoms with Crippen molar-refractivity contribution in [2.75, 3.05) is 12.3 Å². The standard InChI is InChI=1S/C14H22ClNS/c1-14(2,3)16-9-6-10-17-11-12-7-4-5-8-13(12)15/h4-5,7-8,16H,6,9-11H2,1-3H3. The first-order chi connectivity index (χ1) is 7.99. The molecule has 1 aromatic carbocycles. The molecule has 0 aromatic heterocycles. The summed E-state index contributed by atoms with van der Waals surface area (Å²) >= 11 is 8.05. The number of rotatable bonds is 6. The molecule has 0 spiro atoms. The summed E-state index contributed by atoms with van der Waals surface area (Å²) < 4.78 is 0. The maximum Gasteiger partial charge on any atom is 0.0446 e. The molecule has 0 unspecified atom stereocenters. The van der Waals surface area contributed by atoms with Gasteiger partial charge in [0.25, 0.3) is 0 Å². The molecule has 3 heteroatoms. The van der Waals surface area contributed by atoms with Crippen molar-refractivity contribution in [3.63, 3.8) is 0 Å². The Morgan fingerprint density at radius 2 is 1.94 bits per heavy atom. The highest BCUT2D eigenvalue weighted by Crippen LogP contribution is 2.20. The number of benzene rings is 1. The Hall–Kier alpha value is -0.180. The molecule has 0 bridgehead atoms. The molecule has 1 aromatic rings. The van der Waals surface area contributed by atoms with Crippen LogP contribution in [0.15, 0.2) is 24.3 Å². The van der Waals surface area contributed by atoms with Crippen molar-refractivity contribution in [3.8, 4) is 0 Å². The van der Waals surface area contributed by atoms with Gasteiger partial charge in [0.1, 0.15) is 0 Å². The van der Waals surface area contributed by atoms with Crippen LogP contribution in [0.2, 0.25) is 5.02 Å². The van der Waals surface area contributed by atoms with E-state index in [0.29, 0.717) is 0 Å². The van der Waals surface area contributed by atoms with Crippen molar-refractivity contribution in [1.82, 2.24) is 5.32 Å². The zero-order chi connectivity index (χ0) is 12.7. The topological polar surface area (TPSA) is 12.0 Å². The molecule has 1 nitrogen and oxygen atoms in total.